The van der Waals surface area contributed by atoms with E-state index in [9.17, 15) is 5.11 Å². The maximum atomic E-state index is 9.77. The van der Waals surface area contributed by atoms with Gasteiger partial charge in [-0.3, -0.25) is 0 Å². The molecule has 2 N–H and O–H groups in total. The van der Waals surface area contributed by atoms with Crippen molar-refractivity contribution in [3.8, 4) is 0 Å². The summed E-state index contributed by atoms with van der Waals surface area (Å²) < 4.78 is 5.37. The molecule has 0 aromatic carbocycles. The largest absolute Gasteiger partial charge is 0.389 e. The summed E-state index contributed by atoms with van der Waals surface area (Å²) in [6, 6.07) is 0.213. The molecule has 0 saturated heterocycles. The van der Waals surface area contributed by atoms with Gasteiger partial charge in [-0.05, 0) is 34.6 Å². The van der Waals surface area contributed by atoms with E-state index >= 15 is 0 Å². The van der Waals surface area contributed by atoms with E-state index in [1.54, 1.807) is 11.3 Å². The highest BCUT2D eigenvalue weighted by Crippen LogP contribution is 2.24. The predicted molar refractivity (Wildman–Crippen MR) is 75.1 cm³/mol. The number of nitrogens with zero attached hydrogens (tertiary/aromatic N) is 1. The van der Waals surface area contributed by atoms with Crippen molar-refractivity contribution >= 4 is 11.3 Å². The van der Waals surface area contributed by atoms with Crippen LogP contribution in [0.15, 0.2) is 0 Å². The number of thiazole rings is 1. The maximum Gasteiger partial charge on any atom is 0.0900 e. The third-order valence-electron chi connectivity index (χ3n) is 2.61. The molecule has 0 aliphatic rings. The second-order valence-corrected chi connectivity index (χ2v) is 6.08. The molecule has 1 heterocycles. The van der Waals surface area contributed by atoms with E-state index in [0.717, 1.165) is 10.7 Å². The van der Waals surface area contributed by atoms with Crippen molar-refractivity contribution in [1.29, 1.82) is 0 Å². The first-order chi connectivity index (χ1) is 8.40. The van der Waals surface area contributed by atoms with E-state index in [1.165, 1.54) is 4.88 Å². The Labute approximate surface area is 113 Å². The van der Waals surface area contributed by atoms with Crippen molar-refractivity contribution in [3.63, 3.8) is 0 Å². The lowest BCUT2D eigenvalue weighted by molar-refractivity contribution is 0.00563. The molecule has 5 heteroatoms. The molecule has 0 amide bonds. The zero-order chi connectivity index (χ0) is 13.7. The lowest BCUT2D eigenvalue weighted by Gasteiger charge is -2.17. The predicted octanol–water partition coefficient (Wildman–Crippen LogP) is 2.20. The monoisotopic (exact) mass is 272 g/mol. The smallest absolute Gasteiger partial charge is 0.0900 e. The zero-order valence-electron chi connectivity index (χ0n) is 11.9. The molecule has 0 aliphatic carbocycles. The van der Waals surface area contributed by atoms with E-state index in [-0.39, 0.29) is 12.1 Å². The summed E-state index contributed by atoms with van der Waals surface area (Å²) in [6.07, 6.45) is -0.312. The van der Waals surface area contributed by atoms with E-state index < -0.39 is 6.10 Å². The fraction of sp³-hybridized carbons (Fsp3) is 0.769. The third-order valence-corrected chi connectivity index (χ3v) is 3.87. The van der Waals surface area contributed by atoms with Gasteiger partial charge in [-0.1, -0.05) is 0 Å². The Kier molecular flexibility index (Phi) is 6.21. The lowest BCUT2D eigenvalue weighted by atomic mass is 10.2. The van der Waals surface area contributed by atoms with Gasteiger partial charge in [0.05, 0.1) is 29.5 Å². The highest BCUT2D eigenvalue weighted by atomic mass is 32.1. The molecular formula is C13H24N2O2S. The van der Waals surface area contributed by atoms with Crippen LogP contribution >= 0.6 is 11.3 Å². The highest BCUT2D eigenvalue weighted by molar-refractivity contribution is 7.11. The summed E-state index contributed by atoms with van der Waals surface area (Å²) in [5.74, 6) is 0. The molecule has 2 unspecified atom stereocenters. The molecular weight excluding hydrogens is 248 g/mol. The molecule has 1 aromatic heterocycles. The Hall–Kier alpha value is -0.490. The van der Waals surface area contributed by atoms with Gasteiger partial charge in [0, 0.05) is 17.5 Å². The fourth-order valence-corrected chi connectivity index (χ4v) is 2.67. The van der Waals surface area contributed by atoms with Crippen LogP contribution in [0, 0.1) is 13.8 Å². The van der Waals surface area contributed by atoms with Crippen molar-refractivity contribution in [2.75, 3.05) is 13.2 Å². The topological polar surface area (TPSA) is 54.4 Å². The summed E-state index contributed by atoms with van der Waals surface area (Å²) in [4.78, 5) is 5.65. The van der Waals surface area contributed by atoms with Crippen LogP contribution in [0.4, 0.5) is 0 Å². The average Bonchev–Trinajstić information content (AvgIpc) is 2.62. The molecule has 0 spiro atoms. The van der Waals surface area contributed by atoms with Crippen molar-refractivity contribution < 1.29 is 9.84 Å². The number of aliphatic hydroxyl groups excluding tert-OH is 1. The third kappa shape index (κ3) is 5.02. The minimum atomic E-state index is -0.468. The molecule has 2 atom stereocenters. The average molecular weight is 272 g/mol. The van der Waals surface area contributed by atoms with Crippen LogP contribution in [-0.4, -0.2) is 35.5 Å². The van der Waals surface area contributed by atoms with Gasteiger partial charge < -0.3 is 15.2 Å². The van der Waals surface area contributed by atoms with Gasteiger partial charge in [-0.15, -0.1) is 11.3 Å². The number of rotatable bonds is 7. The van der Waals surface area contributed by atoms with Crippen molar-refractivity contribution in [3.05, 3.63) is 15.6 Å². The molecule has 1 aromatic rings. The van der Waals surface area contributed by atoms with E-state index in [1.807, 2.05) is 27.7 Å². The standard InChI is InChI=1S/C13H24N2O2S/c1-8(2)17-7-12(16)6-14-9(3)13-10(4)15-11(5)18-13/h8-9,12,14,16H,6-7H2,1-5H3. The lowest BCUT2D eigenvalue weighted by Crippen LogP contribution is -2.32. The normalized spacial score (nSPS) is 15.1. The number of aryl methyl sites for hydroxylation is 2. The number of hydrogen-bond donors (Lipinski definition) is 2. The summed E-state index contributed by atoms with van der Waals surface area (Å²) in [6.45, 7) is 11.0. The minimum absolute atomic E-state index is 0.156. The number of ether oxygens (including phenoxy) is 1. The second kappa shape index (κ2) is 7.19. The van der Waals surface area contributed by atoms with Crippen LogP contribution in [0.5, 0.6) is 0 Å². The summed E-state index contributed by atoms with van der Waals surface area (Å²) in [7, 11) is 0. The van der Waals surface area contributed by atoms with Gasteiger partial charge >= 0.3 is 0 Å². The molecule has 0 aliphatic heterocycles. The van der Waals surface area contributed by atoms with Gasteiger partial charge in [-0.25, -0.2) is 4.98 Å². The first-order valence-corrected chi connectivity index (χ1v) is 7.18. The van der Waals surface area contributed by atoms with E-state index in [0.29, 0.717) is 13.2 Å². The van der Waals surface area contributed by atoms with Gasteiger partial charge in [-0.2, -0.15) is 0 Å². The second-order valence-electron chi connectivity index (χ2n) is 4.85. The number of hydrogen-bond acceptors (Lipinski definition) is 5. The van der Waals surface area contributed by atoms with Crippen LogP contribution in [0.2, 0.25) is 0 Å². The SMILES string of the molecule is Cc1nc(C)c(C(C)NCC(O)COC(C)C)s1. The van der Waals surface area contributed by atoms with Crippen molar-refractivity contribution in [2.45, 2.75) is 52.9 Å². The number of aliphatic hydroxyl groups is 1. The summed E-state index contributed by atoms with van der Waals surface area (Å²) >= 11 is 1.71. The van der Waals surface area contributed by atoms with Gasteiger partial charge in [0.15, 0.2) is 0 Å². The Balaban J connectivity index is 2.37. The van der Waals surface area contributed by atoms with E-state index in [2.05, 4.69) is 17.2 Å². The number of aromatic nitrogens is 1. The van der Waals surface area contributed by atoms with Crippen molar-refractivity contribution in [1.82, 2.24) is 10.3 Å². The van der Waals surface area contributed by atoms with E-state index in [4.69, 9.17) is 4.74 Å². The van der Waals surface area contributed by atoms with Crippen LogP contribution in [0.25, 0.3) is 0 Å². The molecule has 1 rings (SSSR count). The molecule has 0 bridgehead atoms. The summed E-state index contributed by atoms with van der Waals surface area (Å²) in [5, 5.41) is 14.2. The Morgan fingerprint density at radius 1 is 1.33 bits per heavy atom. The van der Waals surface area contributed by atoms with Gasteiger partial charge in [0.1, 0.15) is 0 Å². The fourth-order valence-electron chi connectivity index (χ4n) is 1.72. The Morgan fingerprint density at radius 2 is 2.00 bits per heavy atom. The summed E-state index contributed by atoms with van der Waals surface area (Å²) in [5.41, 5.74) is 1.07. The van der Waals surface area contributed by atoms with Gasteiger partial charge in [0.25, 0.3) is 0 Å². The molecule has 0 radical (unpaired) electrons. The van der Waals surface area contributed by atoms with Crippen LogP contribution in [0.3, 0.4) is 0 Å². The Bertz CT molecular complexity index is 366. The zero-order valence-corrected chi connectivity index (χ0v) is 12.7. The van der Waals surface area contributed by atoms with Crippen LogP contribution in [0.1, 0.15) is 42.4 Å². The van der Waals surface area contributed by atoms with Crippen LogP contribution in [-0.2, 0) is 4.74 Å². The first kappa shape index (κ1) is 15.6. The quantitative estimate of drug-likeness (QED) is 0.799. The molecule has 4 nitrogen and oxygen atoms in total. The molecule has 0 fully saturated rings. The Morgan fingerprint density at radius 3 is 2.50 bits per heavy atom. The number of nitrogens with one attached hydrogen (secondary N) is 1. The molecule has 18 heavy (non-hydrogen) atoms. The minimum Gasteiger partial charge on any atom is -0.389 e. The highest BCUT2D eigenvalue weighted by Gasteiger charge is 2.14. The molecule has 104 valence electrons. The van der Waals surface area contributed by atoms with Gasteiger partial charge in [0.2, 0.25) is 0 Å². The first-order valence-electron chi connectivity index (χ1n) is 6.37. The maximum absolute atomic E-state index is 9.77. The molecule has 0 saturated carbocycles. The van der Waals surface area contributed by atoms with Crippen LogP contribution < -0.4 is 5.32 Å². The van der Waals surface area contributed by atoms with Crippen molar-refractivity contribution in [2.24, 2.45) is 0 Å².